The fourth-order valence-electron chi connectivity index (χ4n) is 3.78. The van der Waals surface area contributed by atoms with Gasteiger partial charge in [-0.15, -0.1) is 0 Å². The molecule has 2 aliphatic heterocycles. The second-order valence-corrected chi connectivity index (χ2v) is 7.36. The van der Waals surface area contributed by atoms with Crippen molar-refractivity contribution in [2.45, 2.75) is 44.0 Å². The molecule has 6 nitrogen and oxygen atoms in total. The van der Waals surface area contributed by atoms with Gasteiger partial charge in [0.25, 0.3) is 0 Å². The summed E-state index contributed by atoms with van der Waals surface area (Å²) in [4.78, 5) is 6.67. The lowest BCUT2D eigenvalue weighted by Gasteiger charge is -2.35. The lowest BCUT2D eigenvalue weighted by Crippen LogP contribution is -2.48. The third kappa shape index (κ3) is 5.90. The van der Waals surface area contributed by atoms with Gasteiger partial charge in [-0.25, -0.2) is 4.39 Å². The van der Waals surface area contributed by atoms with Crippen molar-refractivity contribution in [2.75, 3.05) is 47.0 Å². The van der Waals surface area contributed by atoms with Gasteiger partial charge in [0.1, 0.15) is 5.82 Å². The van der Waals surface area contributed by atoms with Crippen molar-refractivity contribution in [1.29, 1.82) is 0 Å². The molecule has 156 valence electrons. The molecule has 7 heteroatoms. The minimum atomic E-state index is -0.244. The Morgan fingerprint density at radius 3 is 2.64 bits per heavy atom. The summed E-state index contributed by atoms with van der Waals surface area (Å²) in [5.41, 5.74) is 0.938. The first kappa shape index (κ1) is 21.0. The standard InChI is InChI=1S/C21H32FN3O3/c1-23-21(24-14-20(26-2)16-5-7-17(22)8-6-16)25-11-9-18(10-12-25)28-15-19-4-3-13-27-19/h5-8,18-20H,3-4,9-15H2,1-2H3,(H,23,24). The van der Waals surface area contributed by atoms with Gasteiger partial charge >= 0.3 is 0 Å². The number of rotatable bonds is 7. The molecule has 0 saturated carbocycles. The van der Waals surface area contributed by atoms with Gasteiger partial charge in [0, 0.05) is 40.4 Å². The van der Waals surface area contributed by atoms with Gasteiger partial charge in [-0.05, 0) is 43.4 Å². The first-order valence-corrected chi connectivity index (χ1v) is 10.2. The molecule has 1 N–H and O–H groups in total. The molecule has 2 fully saturated rings. The Kier molecular flexibility index (Phi) is 8.06. The normalized spacial score (nSPS) is 22.5. The number of piperidine rings is 1. The number of ether oxygens (including phenoxy) is 3. The van der Waals surface area contributed by atoms with Crippen LogP contribution >= 0.6 is 0 Å². The van der Waals surface area contributed by atoms with Crippen LogP contribution in [0.1, 0.15) is 37.4 Å². The minimum absolute atomic E-state index is 0.162. The maximum atomic E-state index is 13.1. The maximum absolute atomic E-state index is 13.1. The molecule has 0 aromatic heterocycles. The Balaban J connectivity index is 1.43. The third-order valence-corrected chi connectivity index (χ3v) is 5.47. The highest BCUT2D eigenvalue weighted by atomic mass is 19.1. The number of methoxy groups -OCH3 is 1. The van der Waals surface area contributed by atoms with Gasteiger partial charge < -0.3 is 24.4 Å². The Morgan fingerprint density at radius 1 is 1.29 bits per heavy atom. The lowest BCUT2D eigenvalue weighted by molar-refractivity contribution is -0.0367. The van der Waals surface area contributed by atoms with Gasteiger partial charge in [0.2, 0.25) is 0 Å². The van der Waals surface area contributed by atoms with Crippen molar-refractivity contribution >= 4 is 5.96 Å². The number of hydrogen-bond donors (Lipinski definition) is 1. The van der Waals surface area contributed by atoms with Crippen molar-refractivity contribution in [3.63, 3.8) is 0 Å². The Hall–Kier alpha value is -1.70. The fraction of sp³-hybridized carbons (Fsp3) is 0.667. The number of guanidine groups is 1. The highest BCUT2D eigenvalue weighted by molar-refractivity contribution is 5.80. The zero-order valence-electron chi connectivity index (χ0n) is 16.9. The van der Waals surface area contributed by atoms with E-state index in [9.17, 15) is 4.39 Å². The number of hydrogen-bond acceptors (Lipinski definition) is 4. The average molecular weight is 394 g/mol. The molecule has 2 saturated heterocycles. The molecule has 0 radical (unpaired) electrons. The van der Waals surface area contributed by atoms with Crippen LogP contribution in [-0.4, -0.2) is 70.1 Å². The van der Waals surface area contributed by atoms with E-state index in [4.69, 9.17) is 14.2 Å². The van der Waals surface area contributed by atoms with Crippen LogP contribution < -0.4 is 5.32 Å². The predicted octanol–water partition coefficient (Wildman–Crippen LogP) is 2.75. The van der Waals surface area contributed by atoms with Crippen molar-refractivity contribution in [2.24, 2.45) is 4.99 Å². The monoisotopic (exact) mass is 393 g/mol. The maximum Gasteiger partial charge on any atom is 0.193 e. The molecule has 2 unspecified atom stereocenters. The molecule has 2 heterocycles. The number of benzene rings is 1. The van der Waals surface area contributed by atoms with Crippen LogP contribution in [-0.2, 0) is 14.2 Å². The molecule has 28 heavy (non-hydrogen) atoms. The van der Waals surface area contributed by atoms with Crippen LogP contribution in [0.25, 0.3) is 0 Å². The summed E-state index contributed by atoms with van der Waals surface area (Å²) in [7, 11) is 3.46. The number of halogens is 1. The Bertz CT molecular complexity index is 612. The zero-order valence-corrected chi connectivity index (χ0v) is 16.9. The van der Waals surface area contributed by atoms with Crippen LogP contribution in [0.4, 0.5) is 4.39 Å². The van der Waals surface area contributed by atoms with Gasteiger partial charge in [-0.1, -0.05) is 12.1 Å². The largest absolute Gasteiger partial charge is 0.376 e. The second kappa shape index (κ2) is 10.7. The van der Waals surface area contributed by atoms with Crippen molar-refractivity contribution in [3.8, 4) is 0 Å². The highest BCUT2D eigenvalue weighted by Crippen LogP contribution is 2.19. The Labute approximate surface area is 167 Å². The van der Waals surface area contributed by atoms with Crippen LogP contribution in [0.2, 0.25) is 0 Å². The average Bonchev–Trinajstić information content (AvgIpc) is 3.25. The van der Waals surface area contributed by atoms with Crippen LogP contribution in [0.15, 0.2) is 29.3 Å². The van der Waals surface area contributed by atoms with E-state index in [1.807, 2.05) is 0 Å². The first-order valence-electron chi connectivity index (χ1n) is 10.2. The topological polar surface area (TPSA) is 55.3 Å². The second-order valence-electron chi connectivity index (χ2n) is 7.36. The summed E-state index contributed by atoms with van der Waals surface area (Å²) in [5, 5.41) is 3.39. The summed E-state index contributed by atoms with van der Waals surface area (Å²) >= 11 is 0. The molecule has 3 rings (SSSR count). The summed E-state index contributed by atoms with van der Waals surface area (Å²) in [6, 6.07) is 6.42. The van der Waals surface area contributed by atoms with Crippen LogP contribution in [0.3, 0.4) is 0 Å². The van der Waals surface area contributed by atoms with E-state index < -0.39 is 0 Å². The SMILES string of the molecule is CN=C(NCC(OC)c1ccc(F)cc1)N1CCC(OCC2CCCO2)CC1. The third-order valence-electron chi connectivity index (χ3n) is 5.47. The van der Waals surface area contributed by atoms with E-state index >= 15 is 0 Å². The molecule has 0 spiro atoms. The molecule has 2 aliphatic rings. The first-order chi connectivity index (χ1) is 13.7. The van der Waals surface area contributed by atoms with Gasteiger partial charge in [-0.3, -0.25) is 4.99 Å². The summed E-state index contributed by atoms with van der Waals surface area (Å²) in [6.45, 7) is 3.97. The van der Waals surface area contributed by atoms with E-state index in [0.29, 0.717) is 19.3 Å². The molecular weight excluding hydrogens is 361 g/mol. The van der Waals surface area contributed by atoms with Gasteiger partial charge in [0.15, 0.2) is 5.96 Å². The van der Waals surface area contributed by atoms with Crippen molar-refractivity contribution < 1.29 is 18.6 Å². The van der Waals surface area contributed by atoms with E-state index in [-0.39, 0.29) is 18.0 Å². The summed E-state index contributed by atoms with van der Waals surface area (Å²) in [5.74, 6) is 0.619. The van der Waals surface area contributed by atoms with Crippen LogP contribution in [0.5, 0.6) is 0 Å². The molecule has 0 bridgehead atoms. The van der Waals surface area contributed by atoms with Gasteiger partial charge in [0.05, 0.1) is 24.9 Å². The van der Waals surface area contributed by atoms with Crippen molar-refractivity contribution in [1.82, 2.24) is 10.2 Å². The van der Waals surface area contributed by atoms with E-state index in [2.05, 4.69) is 15.2 Å². The van der Waals surface area contributed by atoms with Crippen LogP contribution in [0, 0.1) is 5.82 Å². The number of nitrogens with zero attached hydrogens (tertiary/aromatic N) is 2. The summed E-state index contributed by atoms with van der Waals surface area (Å²) in [6.07, 6.45) is 4.65. The highest BCUT2D eigenvalue weighted by Gasteiger charge is 2.24. The molecule has 1 aromatic rings. The molecule has 1 aromatic carbocycles. The van der Waals surface area contributed by atoms with E-state index in [0.717, 1.165) is 56.9 Å². The Morgan fingerprint density at radius 2 is 2.04 bits per heavy atom. The van der Waals surface area contributed by atoms with Gasteiger partial charge in [-0.2, -0.15) is 0 Å². The molecular formula is C21H32FN3O3. The minimum Gasteiger partial charge on any atom is -0.376 e. The smallest absolute Gasteiger partial charge is 0.193 e. The number of likely N-dealkylation sites (tertiary alicyclic amines) is 1. The van der Waals surface area contributed by atoms with Crippen molar-refractivity contribution in [3.05, 3.63) is 35.6 Å². The van der Waals surface area contributed by atoms with E-state index in [1.54, 1.807) is 26.3 Å². The number of aliphatic imine (C=N–C) groups is 1. The predicted molar refractivity (Wildman–Crippen MR) is 107 cm³/mol. The molecule has 2 atom stereocenters. The number of nitrogens with one attached hydrogen (secondary N) is 1. The fourth-order valence-corrected chi connectivity index (χ4v) is 3.78. The zero-order chi connectivity index (χ0) is 19.8. The quantitative estimate of drug-likeness (QED) is 0.570. The summed E-state index contributed by atoms with van der Waals surface area (Å²) < 4.78 is 30.4. The van der Waals surface area contributed by atoms with E-state index in [1.165, 1.54) is 12.1 Å². The molecule has 0 aliphatic carbocycles. The lowest BCUT2D eigenvalue weighted by atomic mass is 10.1. The molecule has 0 amide bonds.